The molecule has 2 aliphatic rings. The van der Waals surface area contributed by atoms with Crippen molar-refractivity contribution in [1.82, 2.24) is 4.90 Å². The Kier molecular flexibility index (Phi) is 5.67. The largest absolute Gasteiger partial charge is 0.495 e. The number of likely N-dealkylation sites (tertiary alicyclic amines) is 1. The minimum atomic E-state index is -0.238. The molecule has 5 nitrogen and oxygen atoms in total. The highest BCUT2D eigenvalue weighted by molar-refractivity contribution is 6.32. The summed E-state index contributed by atoms with van der Waals surface area (Å²) >= 11 is 6.21. The number of hydrogen-bond donors (Lipinski definition) is 2. The molecule has 1 saturated carbocycles. The van der Waals surface area contributed by atoms with Crippen molar-refractivity contribution in [2.75, 3.05) is 33.4 Å². The Bertz CT molecular complexity index is 561. The van der Waals surface area contributed by atoms with Crippen LogP contribution < -0.4 is 10.5 Å². The van der Waals surface area contributed by atoms with Crippen LogP contribution in [0.1, 0.15) is 24.8 Å². The molecule has 1 aromatic carbocycles. The van der Waals surface area contributed by atoms with Gasteiger partial charge in [0.15, 0.2) is 0 Å². The summed E-state index contributed by atoms with van der Waals surface area (Å²) in [6, 6.07) is 5.94. The van der Waals surface area contributed by atoms with Crippen LogP contribution in [0.15, 0.2) is 18.2 Å². The smallest absolute Gasteiger partial charge is 0.137 e. The van der Waals surface area contributed by atoms with E-state index >= 15 is 0 Å². The number of aliphatic hydroxyl groups excluding tert-OH is 1. The van der Waals surface area contributed by atoms with Crippen LogP contribution in [0.5, 0.6) is 5.75 Å². The summed E-state index contributed by atoms with van der Waals surface area (Å²) in [5.74, 6) is 0.704. The van der Waals surface area contributed by atoms with Gasteiger partial charge in [0, 0.05) is 24.9 Å². The molecule has 0 radical (unpaired) electrons. The molecule has 1 spiro atoms. The van der Waals surface area contributed by atoms with Crippen LogP contribution in [0.25, 0.3) is 0 Å². The highest BCUT2D eigenvalue weighted by atomic mass is 35.5. The summed E-state index contributed by atoms with van der Waals surface area (Å²) in [6.07, 6.45) is 2.60. The first-order chi connectivity index (χ1) is 11.6. The second-order valence-corrected chi connectivity index (χ2v) is 7.29. The number of nitrogens with two attached hydrogens (primary N) is 1. The summed E-state index contributed by atoms with van der Waals surface area (Å²) in [6.45, 7) is 3.90. The summed E-state index contributed by atoms with van der Waals surface area (Å²) in [5, 5.41) is 10.9. The van der Waals surface area contributed by atoms with Gasteiger partial charge < -0.3 is 20.3 Å². The Labute approximate surface area is 148 Å². The number of methoxy groups -OCH3 is 1. The minimum Gasteiger partial charge on any atom is -0.495 e. The monoisotopic (exact) mass is 354 g/mol. The molecule has 3 rings (SSSR count). The van der Waals surface area contributed by atoms with Crippen molar-refractivity contribution in [2.45, 2.75) is 38.0 Å². The Morgan fingerprint density at radius 3 is 2.71 bits per heavy atom. The van der Waals surface area contributed by atoms with E-state index in [4.69, 9.17) is 26.8 Å². The van der Waals surface area contributed by atoms with Gasteiger partial charge in [-0.15, -0.1) is 0 Å². The highest BCUT2D eigenvalue weighted by Crippen LogP contribution is 2.51. The molecule has 0 unspecified atom stereocenters. The molecule has 1 aromatic rings. The maximum absolute atomic E-state index is 10.3. The second-order valence-electron chi connectivity index (χ2n) is 6.88. The lowest BCUT2D eigenvalue weighted by molar-refractivity contribution is -0.210. The van der Waals surface area contributed by atoms with Gasteiger partial charge in [0.2, 0.25) is 0 Å². The van der Waals surface area contributed by atoms with Gasteiger partial charge in [0.25, 0.3) is 0 Å². The number of hydrogen-bond acceptors (Lipinski definition) is 5. The van der Waals surface area contributed by atoms with Crippen molar-refractivity contribution < 1.29 is 14.6 Å². The molecule has 134 valence electrons. The molecule has 2 fully saturated rings. The molecule has 3 N–H and O–H groups in total. The zero-order chi connectivity index (χ0) is 17.2. The maximum atomic E-state index is 10.3. The average Bonchev–Trinajstić information content (AvgIpc) is 2.59. The van der Waals surface area contributed by atoms with E-state index in [-0.39, 0.29) is 17.6 Å². The molecule has 2 atom stereocenters. The van der Waals surface area contributed by atoms with Gasteiger partial charge in [-0.05, 0) is 43.6 Å². The van der Waals surface area contributed by atoms with Gasteiger partial charge in [-0.1, -0.05) is 17.7 Å². The molecule has 0 bridgehead atoms. The Balaban J connectivity index is 1.56. The molecule has 1 saturated heterocycles. The van der Waals surface area contributed by atoms with Crippen LogP contribution in [0.4, 0.5) is 0 Å². The zero-order valence-corrected chi connectivity index (χ0v) is 15.0. The van der Waals surface area contributed by atoms with Crippen LogP contribution in [-0.4, -0.2) is 55.6 Å². The number of aliphatic hydroxyl groups is 1. The van der Waals surface area contributed by atoms with Crippen molar-refractivity contribution in [2.24, 2.45) is 11.1 Å². The van der Waals surface area contributed by atoms with Gasteiger partial charge in [0.1, 0.15) is 5.75 Å². The second kappa shape index (κ2) is 7.58. The Hall–Kier alpha value is -0.850. The zero-order valence-electron chi connectivity index (χ0n) is 14.2. The van der Waals surface area contributed by atoms with Crippen LogP contribution in [0, 0.1) is 5.41 Å². The summed E-state index contributed by atoms with van der Waals surface area (Å²) in [4.78, 5) is 2.41. The van der Waals surface area contributed by atoms with E-state index in [1.165, 1.54) is 5.56 Å². The lowest BCUT2D eigenvalue weighted by atomic mass is 9.58. The van der Waals surface area contributed by atoms with E-state index in [0.29, 0.717) is 23.9 Å². The van der Waals surface area contributed by atoms with Gasteiger partial charge in [-0.25, -0.2) is 0 Å². The lowest BCUT2D eigenvalue weighted by Crippen LogP contribution is -2.62. The molecule has 6 heteroatoms. The quantitative estimate of drug-likeness (QED) is 0.818. The van der Waals surface area contributed by atoms with E-state index < -0.39 is 0 Å². The molecule has 24 heavy (non-hydrogen) atoms. The number of ether oxygens (including phenoxy) is 2. The topological polar surface area (TPSA) is 68.0 Å². The van der Waals surface area contributed by atoms with E-state index in [2.05, 4.69) is 11.0 Å². The third-order valence-electron chi connectivity index (χ3n) is 5.59. The van der Waals surface area contributed by atoms with Crippen molar-refractivity contribution in [3.05, 3.63) is 28.8 Å². The predicted molar refractivity (Wildman–Crippen MR) is 94.4 cm³/mol. The van der Waals surface area contributed by atoms with E-state index in [9.17, 15) is 5.11 Å². The van der Waals surface area contributed by atoms with Crippen LogP contribution in [-0.2, 0) is 11.3 Å². The summed E-state index contributed by atoms with van der Waals surface area (Å²) in [7, 11) is 1.62. The van der Waals surface area contributed by atoms with Gasteiger partial charge in [0.05, 0.1) is 30.9 Å². The van der Waals surface area contributed by atoms with Crippen LogP contribution >= 0.6 is 11.6 Å². The number of nitrogens with zero attached hydrogens (tertiary/aromatic N) is 1. The van der Waals surface area contributed by atoms with Crippen LogP contribution in [0.3, 0.4) is 0 Å². The van der Waals surface area contributed by atoms with Crippen molar-refractivity contribution in [1.29, 1.82) is 0 Å². The number of benzene rings is 1. The normalized spacial score (nSPS) is 26.3. The predicted octanol–water partition coefficient (Wildman–Crippen LogP) is 2.04. The molecule has 1 aliphatic carbocycles. The highest BCUT2D eigenvalue weighted by Gasteiger charge is 2.55. The van der Waals surface area contributed by atoms with Gasteiger partial charge >= 0.3 is 0 Å². The van der Waals surface area contributed by atoms with Crippen LogP contribution in [0.2, 0.25) is 5.02 Å². The third-order valence-corrected chi connectivity index (χ3v) is 5.88. The minimum absolute atomic E-state index is 0.0662. The first kappa shape index (κ1) is 18.0. The summed E-state index contributed by atoms with van der Waals surface area (Å²) < 4.78 is 11.0. The Morgan fingerprint density at radius 2 is 2.12 bits per heavy atom. The van der Waals surface area contributed by atoms with E-state index in [0.717, 1.165) is 38.9 Å². The average molecular weight is 355 g/mol. The standard InChI is InChI=1S/C18H27ClN2O3/c1-23-15-3-2-13(10-14(15)19)12-21-7-4-18(5-8-21)16(22)11-17(18)24-9-6-20/h2-3,10,16-17,22H,4-9,11-12,20H2,1H3/t16-,17+/m1/s1. The van der Waals surface area contributed by atoms with Crippen molar-refractivity contribution in [3.8, 4) is 5.75 Å². The molecule has 0 amide bonds. The molecule has 0 aromatic heterocycles. The first-order valence-electron chi connectivity index (χ1n) is 8.63. The lowest BCUT2D eigenvalue weighted by Gasteiger charge is -2.56. The van der Waals surface area contributed by atoms with Crippen molar-refractivity contribution >= 4 is 11.6 Å². The third kappa shape index (κ3) is 3.41. The van der Waals surface area contributed by atoms with E-state index in [1.54, 1.807) is 7.11 Å². The number of rotatable bonds is 6. The maximum Gasteiger partial charge on any atom is 0.137 e. The Morgan fingerprint density at radius 1 is 1.38 bits per heavy atom. The molecule has 1 aliphatic heterocycles. The van der Waals surface area contributed by atoms with Crippen molar-refractivity contribution in [3.63, 3.8) is 0 Å². The van der Waals surface area contributed by atoms with E-state index in [1.807, 2.05) is 12.1 Å². The molecular formula is C18H27ClN2O3. The first-order valence-corrected chi connectivity index (χ1v) is 9.01. The number of piperidine rings is 1. The fourth-order valence-electron chi connectivity index (χ4n) is 4.02. The fourth-order valence-corrected chi connectivity index (χ4v) is 4.30. The molecular weight excluding hydrogens is 328 g/mol. The van der Waals surface area contributed by atoms with Gasteiger partial charge in [-0.2, -0.15) is 0 Å². The SMILES string of the molecule is COc1ccc(CN2CCC3(CC2)[C@H](O)C[C@@H]3OCCN)cc1Cl. The summed E-state index contributed by atoms with van der Waals surface area (Å²) in [5.41, 5.74) is 6.65. The van der Waals surface area contributed by atoms with Gasteiger partial charge in [-0.3, -0.25) is 4.90 Å². The fraction of sp³-hybridized carbons (Fsp3) is 0.667. The molecule has 1 heterocycles. The number of halogens is 1.